The lowest BCUT2D eigenvalue weighted by atomic mass is 10.1. The Kier molecular flexibility index (Phi) is 12.7. The van der Waals surface area contributed by atoms with Gasteiger partial charge in [0.15, 0.2) is 5.76 Å². The lowest BCUT2D eigenvalue weighted by molar-refractivity contribution is -0.274. The third-order valence-corrected chi connectivity index (χ3v) is 13.7. The summed E-state index contributed by atoms with van der Waals surface area (Å²) in [6.45, 7) is 5.00. The van der Waals surface area contributed by atoms with Gasteiger partial charge in [0, 0.05) is 75.7 Å². The van der Waals surface area contributed by atoms with Crippen LogP contribution in [0.1, 0.15) is 32.2 Å². The van der Waals surface area contributed by atoms with Crippen molar-refractivity contribution >= 4 is 87.1 Å². The van der Waals surface area contributed by atoms with Crippen molar-refractivity contribution in [3.8, 4) is 11.8 Å². The summed E-state index contributed by atoms with van der Waals surface area (Å²) in [6.07, 6.45) is -4.70. The van der Waals surface area contributed by atoms with Gasteiger partial charge in [0.25, 0.3) is 5.91 Å². The molecule has 0 radical (unpaired) electrons. The molecule has 0 bridgehead atoms. The van der Waals surface area contributed by atoms with E-state index in [2.05, 4.69) is 46.4 Å². The maximum Gasteiger partial charge on any atom is 0.573 e. The SMILES string of the molecule is N#Cc1cccc(S(=O)(=O)N2CCN(c3ccc4oc(C(=O)O)cc4c3Br)CC2)c1.NC(=O)c1cc2c(Br)c(N3CCN(Cc4cccc(OC(F)(F)F)c4)CC3)ccc2o1. The van der Waals surface area contributed by atoms with Crippen molar-refractivity contribution in [2.45, 2.75) is 17.8 Å². The number of nitriles is 1. The van der Waals surface area contributed by atoms with Gasteiger partial charge in [-0.05, 0) is 98.1 Å². The molecule has 0 aliphatic carbocycles. The highest BCUT2D eigenvalue weighted by molar-refractivity contribution is 9.11. The number of carbonyl (C=O) groups is 2. The second kappa shape index (κ2) is 17.8. The number of nitrogens with zero attached hydrogens (tertiary/aromatic N) is 5. The van der Waals surface area contributed by atoms with Crippen molar-refractivity contribution in [2.75, 3.05) is 62.2 Å². The molecular formula is C41H35Br2F3N6O8S. The zero-order valence-corrected chi connectivity index (χ0v) is 35.9. The minimum atomic E-state index is -4.70. The number of benzene rings is 4. The molecule has 6 aromatic rings. The fourth-order valence-electron chi connectivity index (χ4n) is 7.14. The Balaban J connectivity index is 0.000000184. The van der Waals surface area contributed by atoms with Crippen LogP contribution in [0.5, 0.6) is 5.75 Å². The number of rotatable bonds is 9. The largest absolute Gasteiger partial charge is 0.573 e. The lowest BCUT2D eigenvalue weighted by Gasteiger charge is -2.36. The van der Waals surface area contributed by atoms with Crippen LogP contribution in [0.2, 0.25) is 0 Å². The van der Waals surface area contributed by atoms with Crippen LogP contribution >= 0.6 is 31.9 Å². The lowest BCUT2D eigenvalue weighted by Crippen LogP contribution is -2.48. The van der Waals surface area contributed by atoms with Gasteiger partial charge in [0.2, 0.25) is 15.8 Å². The number of sulfonamides is 1. The second-order valence-electron chi connectivity index (χ2n) is 14.0. The Morgan fingerprint density at radius 2 is 1.34 bits per heavy atom. The van der Waals surface area contributed by atoms with E-state index >= 15 is 0 Å². The summed E-state index contributed by atoms with van der Waals surface area (Å²) in [6, 6.07) is 24.4. The Bertz CT molecular complexity index is 2780. The van der Waals surface area contributed by atoms with E-state index in [1.807, 2.05) is 23.1 Å². The smallest absolute Gasteiger partial charge is 0.475 e. The highest BCUT2D eigenvalue weighted by atomic mass is 79.9. The topological polar surface area (TPSA) is 187 Å². The number of hydrogen-bond acceptors (Lipinski definition) is 11. The molecule has 0 saturated carbocycles. The van der Waals surface area contributed by atoms with Crippen molar-refractivity contribution in [1.82, 2.24) is 9.21 Å². The third-order valence-electron chi connectivity index (χ3n) is 10.1. The van der Waals surface area contributed by atoms with Gasteiger partial charge in [-0.3, -0.25) is 9.69 Å². The van der Waals surface area contributed by atoms with E-state index in [-0.39, 0.29) is 35.3 Å². The van der Waals surface area contributed by atoms with E-state index in [4.69, 9.17) is 24.9 Å². The van der Waals surface area contributed by atoms with E-state index in [0.29, 0.717) is 46.2 Å². The second-order valence-corrected chi connectivity index (χ2v) is 17.5. The minimum Gasteiger partial charge on any atom is -0.475 e. The molecule has 2 aromatic heterocycles. The first kappa shape index (κ1) is 43.5. The Morgan fingerprint density at radius 1 is 0.787 bits per heavy atom. The Hall–Kier alpha value is -5.59. The van der Waals surface area contributed by atoms with Gasteiger partial charge in [-0.25, -0.2) is 13.2 Å². The molecule has 318 valence electrons. The molecule has 0 unspecified atom stereocenters. The van der Waals surface area contributed by atoms with Crippen molar-refractivity contribution < 1.29 is 49.9 Å². The molecule has 2 aliphatic heterocycles. The number of alkyl halides is 3. The van der Waals surface area contributed by atoms with Crippen molar-refractivity contribution in [2.24, 2.45) is 5.73 Å². The first-order valence-electron chi connectivity index (χ1n) is 18.5. The van der Waals surface area contributed by atoms with E-state index in [0.717, 1.165) is 53.0 Å². The number of carboxylic acids is 1. The number of carboxylic acid groups (broad SMARTS) is 1. The summed E-state index contributed by atoms with van der Waals surface area (Å²) >= 11 is 7.14. The van der Waals surface area contributed by atoms with Gasteiger partial charge in [-0.1, -0.05) is 18.2 Å². The van der Waals surface area contributed by atoms with Crippen LogP contribution < -0.4 is 20.3 Å². The molecule has 20 heteroatoms. The number of ether oxygens (including phenoxy) is 1. The number of primary amides is 1. The number of fused-ring (bicyclic) bond motifs is 2. The first-order valence-corrected chi connectivity index (χ1v) is 21.6. The predicted octanol–water partition coefficient (Wildman–Crippen LogP) is 7.79. The normalized spacial score (nSPS) is 15.3. The average molecular weight is 989 g/mol. The Labute approximate surface area is 363 Å². The number of furan rings is 2. The highest BCUT2D eigenvalue weighted by Crippen LogP contribution is 2.38. The maximum atomic E-state index is 12.9. The van der Waals surface area contributed by atoms with Gasteiger partial charge in [-0.2, -0.15) is 9.57 Å². The molecular weight excluding hydrogens is 953 g/mol. The molecule has 0 atom stereocenters. The molecule has 8 rings (SSSR count). The van der Waals surface area contributed by atoms with E-state index in [1.165, 1.54) is 34.6 Å². The molecule has 4 aromatic carbocycles. The van der Waals surface area contributed by atoms with Crippen molar-refractivity contribution in [3.63, 3.8) is 0 Å². The maximum absolute atomic E-state index is 12.9. The van der Waals surface area contributed by atoms with Crippen LogP contribution in [0.4, 0.5) is 24.5 Å². The van der Waals surface area contributed by atoms with Crippen LogP contribution in [-0.4, -0.2) is 93.3 Å². The average Bonchev–Trinajstić information content (AvgIpc) is 3.89. The molecule has 14 nitrogen and oxygen atoms in total. The molecule has 1 amide bonds. The fraction of sp³-hybridized carbons (Fsp3) is 0.244. The zero-order valence-electron chi connectivity index (χ0n) is 31.9. The quantitative estimate of drug-likeness (QED) is 0.143. The van der Waals surface area contributed by atoms with Crippen LogP contribution in [-0.2, 0) is 16.6 Å². The van der Waals surface area contributed by atoms with Gasteiger partial charge >= 0.3 is 12.3 Å². The highest BCUT2D eigenvalue weighted by Gasteiger charge is 2.32. The molecule has 4 heterocycles. The summed E-state index contributed by atoms with van der Waals surface area (Å²) in [4.78, 5) is 29.1. The monoisotopic (exact) mass is 986 g/mol. The molecule has 0 spiro atoms. The number of halogens is 5. The van der Waals surface area contributed by atoms with Gasteiger partial charge < -0.3 is 34.2 Å². The number of hydrogen-bond donors (Lipinski definition) is 2. The number of amides is 1. The summed E-state index contributed by atoms with van der Waals surface area (Å²) < 4.78 is 80.9. The van der Waals surface area contributed by atoms with Gasteiger partial charge in [0.05, 0.1) is 36.8 Å². The predicted molar refractivity (Wildman–Crippen MR) is 226 cm³/mol. The summed E-state index contributed by atoms with van der Waals surface area (Å²) in [7, 11) is -3.69. The Morgan fingerprint density at radius 3 is 1.90 bits per heavy atom. The van der Waals surface area contributed by atoms with Crippen molar-refractivity contribution in [1.29, 1.82) is 5.26 Å². The number of nitrogens with two attached hydrogens (primary N) is 1. The van der Waals surface area contributed by atoms with Crippen LogP contribution in [0.3, 0.4) is 0 Å². The van der Waals surface area contributed by atoms with Gasteiger partial charge in [0.1, 0.15) is 16.9 Å². The summed E-state index contributed by atoms with van der Waals surface area (Å²) in [5.41, 5.74) is 9.20. The molecule has 3 N–H and O–H groups in total. The van der Waals surface area contributed by atoms with Crippen LogP contribution in [0.15, 0.2) is 108 Å². The number of aromatic carboxylic acids is 1. The van der Waals surface area contributed by atoms with E-state index < -0.39 is 28.3 Å². The zero-order chi connectivity index (χ0) is 43.6. The molecule has 61 heavy (non-hydrogen) atoms. The third kappa shape index (κ3) is 9.81. The summed E-state index contributed by atoms with van der Waals surface area (Å²) in [5, 5.41) is 19.6. The minimum absolute atomic E-state index is 0.106. The first-order chi connectivity index (χ1) is 29.0. The number of anilines is 2. The van der Waals surface area contributed by atoms with Crippen molar-refractivity contribution in [3.05, 3.63) is 117 Å². The molecule has 2 saturated heterocycles. The standard InChI is InChI=1S/C21H19BrF3N3O3.C20H16BrN3O5S/c22-19-15-11-18(20(26)29)30-17(15)5-4-16(19)28-8-6-27(7-9-28)12-13-2-1-3-14(10-13)31-21(23,24)25;21-19-15-11-18(20(25)26)29-17(15)5-4-16(19)23-6-8-24(9-7-23)30(27,28)14-3-1-2-13(10-14)12-22/h1-5,10-11H,6-9,12H2,(H2,26,29);1-5,10-11H,6-9H2,(H,25,26). The van der Waals surface area contributed by atoms with Gasteiger partial charge in [-0.15, -0.1) is 13.2 Å². The molecule has 2 fully saturated rings. The molecule has 2 aliphatic rings. The number of piperazine rings is 2. The number of carbonyl (C=O) groups excluding carboxylic acids is 1. The van der Waals surface area contributed by atoms with E-state index in [9.17, 15) is 31.2 Å². The van der Waals surface area contributed by atoms with E-state index in [1.54, 1.807) is 42.5 Å². The fourth-order valence-corrected chi connectivity index (χ4v) is 9.99. The summed E-state index contributed by atoms with van der Waals surface area (Å²) in [5.74, 6) is -2.01. The van der Waals surface area contributed by atoms with Crippen LogP contribution in [0, 0.1) is 11.3 Å². The van der Waals surface area contributed by atoms with Crippen LogP contribution in [0.25, 0.3) is 21.9 Å².